The molecule has 1 aliphatic heterocycles. The molecule has 1 N–H and O–H groups in total. The molecule has 0 aliphatic carbocycles. The zero-order valence-corrected chi connectivity index (χ0v) is 19.1. The van der Waals surface area contributed by atoms with Crippen LogP contribution in [-0.2, 0) is 16.6 Å². The Morgan fingerprint density at radius 3 is 2.61 bits per heavy atom. The van der Waals surface area contributed by atoms with Crippen molar-refractivity contribution in [1.29, 1.82) is 0 Å². The summed E-state index contributed by atoms with van der Waals surface area (Å²) in [4.78, 5) is 27.6. The molecule has 1 unspecified atom stereocenters. The lowest BCUT2D eigenvalue weighted by Crippen LogP contribution is -2.30. The molecule has 1 amide bonds. The van der Waals surface area contributed by atoms with Crippen molar-refractivity contribution in [2.24, 2.45) is 7.05 Å². The number of benzene rings is 2. The van der Waals surface area contributed by atoms with Crippen molar-refractivity contribution in [3.8, 4) is 5.75 Å². The number of hydrogen-bond donors (Lipinski definition) is 1. The zero-order chi connectivity index (χ0) is 22.3. The van der Waals surface area contributed by atoms with Crippen LogP contribution in [0.2, 0.25) is 0 Å². The minimum atomic E-state index is -0.671. The largest absolute Gasteiger partial charge is 0.507 e. The van der Waals surface area contributed by atoms with Gasteiger partial charge in [-0.25, -0.2) is 0 Å². The Morgan fingerprint density at radius 1 is 1.19 bits per heavy atom. The van der Waals surface area contributed by atoms with Gasteiger partial charge in [0, 0.05) is 41.8 Å². The number of aliphatic hydroxyl groups excluding tert-OH is 1. The van der Waals surface area contributed by atoms with Gasteiger partial charge in [0.15, 0.2) is 0 Å². The van der Waals surface area contributed by atoms with Crippen molar-refractivity contribution in [2.75, 3.05) is 13.7 Å². The van der Waals surface area contributed by atoms with Gasteiger partial charge >= 0.3 is 0 Å². The first-order valence-electron chi connectivity index (χ1n) is 10.0. The fourth-order valence-corrected chi connectivity index (χ4v) is 4.78. The monoisotopic (exact) mass is 482 g/mol. The molecule has 1 aromatic heterocycles. The first-order chi connectivity index (χ1) is 14.9. The zero-order valence-electron chi connectivity index (χ0n) is 17.6. The average Bonchev–Trinajstić information content (AvgIpc) is 3.22. The topological polar surface area (TPSA) is 71.8 Å². The Bertz CT molecular complexity index is 1230. The van der Waals surface area contributed by atoms with Gasteiger partial charge in [0.05, 0.1) is 23.2 Å². The van der Waals surface area contributed by atoms with E-state index in [0.717, 1.165) is 16.5 Å². The second kappa shape index (κ2) is 8.23. The number of Topliss-reactive ketones (excluding diaryl/α,β-unsaturated/α-hetero) is 1. The summed E-state index contributed by atoms with van der Waals surface area (Å²) in [7, 11) is 3.48. The van der Waals surface area contributed by atoms with E-state index in [1.165, 1.54) is 0 Å². The molecule has 160 valence electrons. The van der Waals surface area contributed by atoms with Gasteiger partial charge in [-0.1, -0.05) is 25.1 Å². The summed E-state index contributed by atoms with van der Waals surface area (Å²) in [5.74, 6) is -0.850. The van der Waals surface area contributed by atoms with Crippen LogP contribution in [0.15, 0.2) is 58.7 Å². The van der Waals surface area contributed by atoms with Gasteiger partial charge in [-0.2, -0.15) is 0 Å². The lowest BCUT2D eigenvalue weighted by molar-refractivity contribution is -0.139. The number of aliphatic hydroxyl groups is 1. The SMILES string of the molecule is CCCN1C(=O)C(=O)/C(=C(/O)c2ccc(OC)c(Br)c2)C1c1cn(C)c2ccccc12. The van der Waals surface area contributed by atoms with Gasteiger partial charge in [-0.05, 0) is 46.6 Å². The van der Waals surface area contributed by atoms with E-state index in [-0.39, 0.29) is 11.3 Å². The standard InChI is InChI=1S/C24H23BrN2O4/c1-4-11-27-21(16-13-26(2)18-8-6-5-7-15(16)18)20(23(29)24(27)30)22(28)14-9-10-19(31-3)17(25)12-14/h5-10,12-13,21,28H,4,11H2,1-3H3/b22-20+. The van der Waals surface area contributed by atoms with Crippen LogP contribution >= 0.6 is 15.9 Å². The van der Waals surface area contributed by atoms with Crippen LogP contribution < -0.4 is 4.74 Å². The van der Waals surface area contributed by atoms with Crippen LogP contribution in [0, 0.1) is 0 Å². The van der Waals surface area contributed by atoms with Gasteiger partial charge in [-0.3, -0.25) is 9.59 Å². The highest BCUT2D eigenvalue weighted by Crippen LogP contribution is 2.43. The van der Waals surface area contributed by atoms with Crippen LogP contribution in [0.3, 0.4) is 0 Å². The number of fused-ring (bicyclic) bond motifs is 1. The maximum Gasteiger partial charge on any atom is 0.295 e. The number of rotatable bonds is 5. The number of ketones is 1. The number of carbonyl (C=O) groups excluding carboxylic acids is 2. The van der Waals surface area contributed by atoms with Crippen LogP contribution in [-0.4, -0.2) is 39.9 Å². The van der Waals surface area contributed by atoms with E-state index in [1.54, 1.807) is 30.2 Å². The number of hydrogen-bond acceptors (Lipinski definition) is 4. The molecule has 6 nitrogen and oxygen atoms in total. The minimum absolute atomic E-state index is 0.104. The number of para-hydroxylation sites is 1. The fraction of sp³-hybridized carbons (Fsp3) is 0.250. The van der Waals surface area contributed by atoms with E-state index >= 15 is 0 Å². The van der Waals surface area contributed by atoms with Crippen LogP contribution in [0.1, 0.15) is 30.5 Å². The number of likely N-dealkylation sites (tertiary alicyclic amines) is 1. The molecule has 1 fully saturated rings. The number of amides is 1. The van der Waals surface area contributed by atoms with Crippen molar-refractivity contribution in [1.82, 2.24) is 9.47 Å². The Labute approximate surface area is 188 Å². The Morgan fingerprint density at radius 2 is 1.94 bits per heavy atom. The van der Waals surface area contributed by atoms with Crippen LogP contribution in [0.4, 0.5) is 0 Å². The van der Waals surface area contributed by atoms with Gasteiger partial charge in [0.2, 0.25) is 0 Å². The van der Waals surface area contributed by atoms with Crippen molar-refractivity contribution in [3.63, 3.8) is 0 Å². The summed E-state index contributed by atoms with van der Waals surface area (Å²) >= 11 is 3.42. The molecule has 3 aromatic rings. The summed E-state index contributed by atoms with van der Waals surface area (Å²) in [6.45, 7) is 2.38. The maximum atomic E-state index is 13.1. The second-order valence-corrected chi connectivity index (χ2v) is 8.41. The summed E-state index contributed by atoms with van der Waals surface area (Å²) in [6.07, 6.45) is 2.63. The minimum Gasteiger partial charge on any atom is -0.507 e. The Hall–Kier alpha value is -3.06. The number of ether oxygens (including phenoxy) is 1. The summed E-state index contributed by atoms with van der Waals surface area (Å²) < 4.78 is 7.87. The molecule has 0 bridgehead atoms. The van der Waals surface area contributed by atoms with E-state index in [2.05, 4.69) is 15.9 Å². The van der Waals surface area contributed by atoms with Crippen LogP contribution in [0.5, 0.6) is 5.75 Å². The van der Waals surface area contributed by atoms with E-state index in [9.17, 15) is 14.7 Å². The van der Waals surface area contributed by atoms with E-state index < -0.39 is 17.7 Å². The van der Waals surface area contributed by atoms with E-state index in [1.807, 2.05) is 49.0 Å². The summed E-state index contributed by atoms with van der Waals surface area (Å²) in [6, 6.07) is 12.2. The third kappa shape index (κ3) is 3.43. The van der Waals surface area contributed by atoms with E-state index in [0.29, 0.717) is 28.8 Å². The molecule has 1 aliphatic rings. The Balaban J connectivity index is 1.96. The number of methoxy groups -OCH3 is 1. The number of aryl methyl sites for hydroxylation is 1. The lowest BCUT2D eigenvalue weighted by atomic mass is 9.95. The maximum absolute atomic E-state index is 13.1. The normalized spacial score (nSPS) is 18.2. The molecular weight excluding hydrogens is 460 g/mol. The summed E-state index contributed by atoms with van der Waals surface area (Å²) in [5.41, 5.74) is 2.35. The first-order valence-corrected chi connectivity index (χ1v) is 10.8. The number of aromatic nitrogens is 1. The average molecular weight is 483 g/mol. The molecular formula is C24H23BrN2O4. The molecule has 31 heavy (non-hydrogen) atoms. The first kappa shape index (κ1) is 21.2. The predicted octanol–water partition coefficient (Wildman–Crippen LogP) is 4.78. The number of halogens is 1. The third-order valence-corrected chi connectivity index (χ3v) is 6.27. The second-order valence-electron chi connectivity index (χ2n) is 7.55. The van der Waals surface area contributed by atoms with Crippen molar-refractivity contribution in [2.45, 2.75) is 19.4 Å². The molecule has 2 aromatic carbocycles. The van der Waals surface area contributed by atoms with Crippen molar-refractivity contribution in [3.05, 3.63) is 69.8 Å². The third-order valence-electron chi connectivity index (χ3n) is 5.65. The van der Waals surface area contributed by atoms with Gasteiger partial charge < -0.3 is 19.3 Å². The van der Waals surface area contributed by atoms with Gasteiger partial charge in [0.1, 0.15) is 11.5 Å². The predicted molar refractivity (Wildman–Crippen MR) is 123 cm³/mol. The summed E-state index contributed by atoms with van der Waals surface area (Å²) in [5, 5.41) is 12.1. The smallest absolute Gasteiger partial charge is 0.295 e. The fourth-order valence-electron chi connectivity index (χ4n) is 4.23. The molecule has 0 radical (unpaired) electrons. The lowest BCUT2D eigenvalue weighted by Gasteiger charge is -2.24. The van der Waals surface area contributed by atoms with Gasteiger partial charge in [-0.15, -0.1) is 0 Å². The van der Waals surface area contributed by atoms with Crippen molar-refractivity contribution >= 4 is 44.3 Å². The number of carbonyl (C=O) groups is 2. The Kier molecular flexibility index (Phi) is 5.62. The molecule has 4 rings (SSSR count). The van der Waals surface area contributed by atoms with Gasteiger partial charge in [0.25, 0.3) is 11.7 Å². The number of nitrogens with zero attached hydrogens (tertiary/aromatic N) is 2. The van der Waals surface area contributed by atoms with E-state index in [4.69, 9.17) is 4.74 Å². The highest BCUT2D eigenvalue weighted by Gasteiger charge is 2.46. The highest BCUT2D eigenvalue weighted by atomic mass is 79.9. The van der Waals surface area contributed by atoms with Crippen molar-refractivity contribution < 1.29 is 19.4 Å². The molecule has 1 atom stereocenters. The molecule has 7 heteroatoms. The molecule has 0 saturated carbocycles. The van der Waals surface area contributed by atoms with Crippen LogP contribution in [0.25, 0.3) is 16.7 Å². The molecule has 0 spiro atoms. The quantitative estimate of drug-likeness (QED) is 0.322. The molecule has 2 heterocycles. The highest BCUT2D eigenvalue weighted by molar-refractivity contribution is 9.10. The molecule has 1 saturated heterocycles.